The van der Waals surface area contributed by atoms with Gasteiger partial charge in [0.15, 0.2) is 0 Å². The number of aromatic nitrogens is 1. The maximum absolute atomic E-state index is 4.41. The van der Waals surface area contributed by atoms with Crippen molar-refractivity contribution in [2.45, 2.75) is 40.3 Å². The van der Waals surface area contributed by atoms with Gasteiger partial charge in [0.25, 0.3) is 0 Å². The molecule has 0 radical (unpaired) electrons. The van der Waals surface area contributed by atoms with Crippen LogP contribution in [-0.4, -0.2) is 35.6 Å². The maximum Gasteiger partial charge on any atom is 0.0544 e. The Morgan fingerprint density at radius 3 is 2.61 bits per heavy atom. The molecule has 2 atom stereocenters. The van der Waals surface area contributed by atoms with Crippen molar-refractivity contribution in [2.75, 3.05) is 19.6 Å². The molecule has 0 bridgehead atoms. The van der Waals surface area contributed by atoms with Gasteiger partial charge >= 0.3 is 0 Å². The highest BCUT2D eigenvalue weighted by atomic mass is 15.2. The Labute approximate surface area is 112 Å². The molecule has 1 heterocycles. The summed E-state index contributed by atoms with van der Waals surface area (Å²) in [6.45, 7) is 13.1. The number of nitrogens with zero attached hydrogens (tertiary/aromatic N) is 2. The normalized spacial score (nSPS) is 14.7. The molecule has 1 aromatic heterocycles. The Morgan fingerprint density at radius 2 is 2.06 bits per heavy atom. The van der Waals surface area contributed by atoms with Gasteiger partial charge in [-0.1, -0.05) is 26.8 Å². The van der Waals surface area contributed by atoms with Crippen LogP contribution < -0.4 is 5.32 Å². The molecule has 0 saturated carbocycles. The molecule has 0 aromatic carbocycles. The number of hydrogen-bond acceptors (Lipinski definition) is 3. The van der Waals surface area contributed by atoms with Gasteiger partial charge < -0.3 is 5.32 Å². The van der Waals surface area contributed by atoms with Crippen LogP contribution in [0.2, 0.25) is 0 Å². The predicted molar refractivity (Wildman–Crippen MR) is 77.5 cm³/mol. The Kier molecular flexibility index (Phi) is 6.91. The van der Waals surface area contributed by atoms with E-state index in [1.165, 1.54) is 0 Å². The summed E-state index contributed by atoms with van der Waals surface area (Å²) in [6, 6.07) is 6.70. The highest BCUT2D eigenvalue weighted by molar-refractivity contribution is 5.03. The monoisotopic (exact) mass is 249 g/mol. The lowest BCUT2D eigenvalue weighted by atomic mass is 10.0. The van der Waals surface area contributed by atoms with E-state index in [9.17, 15) is 0 Å². The Bertz CT molecular complexity index is 313. The van der Waals surface area contributed by atoms with Crippen molar-refractivity contribution in [1.82, 2.24) is 15.2 Å². The zero-order valence-electron chi connectivity index (χ0n) is 12.2. The Balaban J connectivity index is 2.54. The zero-order valence-corrected chi connectivity index (χ0v) is 12.2. The van der Waals surface area contributed by atoms with Crippen LogP contribution in [-0.2, 0) is 6.54 Å². The van der Waals surface area contributed by atoms with Gasteiger partial charge in [-0.25, -0.2) is 0 Å². The highest BCUT2D eigenvalue weighted by Gasteiger charge is 2.18. The standard InChI is InChI=1S/C15H27N3/c1-5-16-11-13(3)14(4)18(6-2)12-15-9-7-8-10-17-15/h7-10,13-14,16H,5-6,11-12H2,1-4H3. The molecule has 1 N–H and O–H groups in total. The van der Waals surface area contributed by atoms with E-state index in [1.54, 1.807) is 0 Å². The van der Waals surface area contributed by atoms with Gasteiger partial charge in [-0.2, -0.15) is 0 Å². The molecular formula is C15H27N3. The van der Waals surface area contributed by atoms with E-state index in [0.29, 0.717) is 12.0 Å². The summed E-state index contributed by atoms with van der Waals surface area (Å²) in [5, 5.41) is 3.43. The average molecular weight is 249 g/mol. The molecule has 18 heavy (non-hydrogen) atoms. The molecule has 1 rings (SSSR count). The molecule has 0 saturated heterocycles. The quantitative estimate of drug-likeness (QED) is 0.767. The van der Waals surface area contributed by atoms with Crippen LogP contribution in [0.5, 0.6) is 0 Å². The molecular weight excluding hydrogens is 222 g/mol. The minimum absolute atomic E-state index is 0.566. The van der Waals surface area contributed by atoms with E-state index in [1.807, 2.05) is 12.3 Å². The lowest BCUT2D eigenvalue weighted by Gasteiger charge is -2.32. The lowest BCUT2D eigenvalue weighted by Crippen LogP contribution is -2.40. The van der Waals surface area contributed by atoms with Gasteiger partial charge in [0.05, 0.1) is 5.69 Å². The van der Waals surface area contributed by atoms with Crippen molar-refractivity contribution >= 4 is 0 Å². The SMILES string of the molecule is CCNCC(C)C(C)N(CC)Cc1ccccn1. The van der Waals surface area contributed by atoms with Crippen LogP contribution in [0.4, 0.5) is 0 Å². The summed E-state index contributed by atoms with van der Waals surface area (Å²) in [5.41, 5.74) is 1.15. The average Bonchev–Trinajstić information content (AvgIpc) is 2.42. The van der Waals surface area contributed by atoms with Gasteiger partial charge in [-0.05, 0) is 44.6 Å². The van der Waals surface area contributed by atoms with E-state index >= 15 is 0 Å². The smallest absolute Gasteiger partial charge is 0.0544 e. The highest BCUT2D eigenvalue weighted by Crippen LogP contribution is 2.13. The molecule has 0 spiro atoms. The molecule has 0 aliphatic rings. The zero-order chi connectivity index (χ0) is 13.4. The third-order valence-electron chi connectivity index (χ3n) is 3.61. The van der Waals surface area contributed by atoms with Crippen molar-refractivity contribution in [3.8, 4) is 0 Å². The first-order valence-electron chi connectivity index (χ1n) is 7.03. The fraction of sp³-hybridized carbons (Fsp3) is 0.667. The van der Waals surface area contributed by atoms with Gasteiger partial charge in [-0.15, -0.1) is 0 Å². The predicted octanol–water partition coefficient (Wildman–Crippen LogP) is 2.54. The molecule has 3 nitrogen and oxygen atoms in total. The second-order valence-electron chi connectivity index (χ2n) is 4.91. The number of rotatable bonds is 8. The van der Waals surface area contributed by atoms with Crippen LogP contribution in [0, 0.1) is 5.92 Å². The van der Waals surface area contributed by atoms with E-state index in [0.717, 1.165) is 31.9 Å². The van der Waals surface area contributed by atoms with Crippen LogP contribution in [0.1, 0.15) is 33.4 Å². The molecule has 102 valence electrons. The van der Waals surface area contributed by atoms with Crippen molar-refractivity contribution in [3.63, 3.8) is 0 Å². The topological polar surface area (TPSA) is 28.2 Å². The largest absolute Gasteiger partial charge is 0.317 e. The van der Waals surface area contributed by atoms with E-state index in [-0.39, 0.29) is 0 Å². The third kappa shape index (κ3) is 4.75. The van der Waals surface area contributed by atoms with E-state index < -0.39 is 0 Å². The fourth-order valence-electron chi connectivity index (χ4n) is 2.15. The molecule has 0 fully saturated rings. The maximum atomic E-state index is 4.41. The fourth-order valence-corrected chi connectivity index (χ4v) is 2.15. The van der Waals surface area contributed by atoms with Crippen LogP contribution in [0.15, 0.2) is 24.4 Å². The van der Waals surface area contributed by atoms with Gasteiger partial charge in [0.1, 0.15) is 0 Å². The number of hydrogen-bond donors (Lipinski definition) is 1. The van der Waals surface area contributed by atoms with Crippen molar-refractivity contribution in [1.29, 1.82) is 0 Å². The van der Waals surface area contributed by atoms with Gasteiger partial charge in [0.2, 0.25) is 0 Å². The van der Waals surface area contributed by atoms with Crippen molar-refractivity contribution in [3.05, 3.63) is 30.1 Å². The molecule has 0 aliphatic heterocycles. The third-order valence-corrected chi connectivity index (χ3v) is 3.61. The van der Waals surface area contributed by atoms with Gasteiger partial charge in [0, 0.05) is 18.8 Å². The number of nitrogens with one attached hydrogen (secondary N) is 1. The number of pyridine rings is 1. The first-order valence-corrected chi connectivity index (χ1v) is 7.03. The summed E-state index contributed by atoms with van der Waals surface area (Å²) in [5.74, 6) is 0.647. The Hall–Kier alpha value is -0.930. The van der Waals surface area contributed by atoms with Crippen LogP contribution in [0.25, 0.3) is 0 Å². The van der Waals surface area contributed by atoms with E-state index in [4.69, 9.17) is 0 Å². The summed E-state index contributed by atoms with van der Waals surface area (Å²) >= 11 is 0. The minimum Gasteiger partial charge on any atom is -0.317 e. The molecule has 3 heteroatoms. The first kappa shape index (κ1) is 15.1. The van der Waals surface area contributed by atoms with Crippen LogP contribution in [0.3, 0.4) is 0 Å². The van der Waals surface area contributed by atoms with Gasteiger partial charge in [-0.3, -0.25) is 9.88 Å². The summed E-state index contributed by atoms with van der Waals surface area (Å²) < 4.78 is 0. The Morgan fingerprint density at radius 1 is 1.28 bits per heavy atom. The molecule has 0 aliphatic carbocycles. The molecule has 2 unspecified atom stereocenters. The minimum atomic E-state index is 0.566. The van der Waals surface area contributed by atoms with Crippen molar-refractivity contribution < 1.29 is 0 Å². The first-order chi connectivity index (χ1) is 8.69. The summed E-state index contributed by atoms with van der Waals surface area (Å²) in [7, 11) is 0. The second kappa shape index (κ2) is 8.22. The molecule has 0 amide bonds. The van der Waals surface area contributed by atoms with E-state index in [2.05, 4.69) is 55.0 Å². The lowest BCUT2D eigenvalue weighted by molar-refractivity contribution is 0.158. The summed E-state index contributed by atoms with van der Waals surface area (Å²) in [6.07, 6.45) is 1.87. The summed E-state index contributed by atoms with van der Waals surface area (Å²) in [4.78, 5) is 6.90. The second-order valence-corrected chi connectivity index (χ2v) is 4.91. The van der Waals surface area contributed by atoms with Crippen molar-refractivity contribution in [2.24, 2.45) is 5.92 Å². The van der Waals surface area contributed by atoms with Crippen LogP contribution >= 0.6 is 0 Å². The molecule has 1 aromatic rings.